The Hall–Kier alpha value is -0.0900. The Labute approximate surface area is 49.3 Å². The fourth-order valence-electron chi connectivity index (χ4n) is 0.814. The van der Waals surface area contributed by atoms with E-state index in [1.54, 1.807) is 7.05 Å². The van der Waals surface area contributed by atoms with E-state index in [0.29, 0.717) is 6.42 Å². The van der Waals surface area contributed by atoms with Gasteiger partial charge in [-0.25, -0.2) is 8.42 Å². The molecule has 0 radical (unpaired) electrons. The average Bonchev–Trinajstić information content (AvgIpc) is 2.09. The zero-order valence-corrected chi connectivity index (χ0v) is 5.77. The molecule has 1 heterocycles. The standard InChI is InChI=1S/C4H9NO2S/c1-3-4-5(2)8(4,6)7/h4H,3H2,1-2H3. The van der Waals surface area contributed by atoms with Crippen LogP contribution in [0.3, 0.4) is 0 Å². The molecule has 1 fully saturated rings. The van der Waals surface area contributed by atoms with Crippen molar-refractivity contribution >= 4 is 10.0 Å². The van der Waals surface area contributed by atoms with Crippen LogP contribution in [-0.4, -0.2) is 25.1 Å². The van der Waals surface area contributed by atoms with Crippen molar-refractivity contribution < 1.29 is 8.42 Å². The molecule has 4 heteroatoms. The van der Waals surface area contributed by atoms with Crippen LogP contribution in [0.15, 0.2) is 0 Å². The third-order valence-electron chi connectivity index (χ3n) is 1.45. The molecule has 1 rings (SSSR count). The summed E-state index contributed by atoms with van der Waals surface area (Å²) in [6, 6.07) is 0. The van der Waals surface area contributed by atoms with Gasteiger partial charge >= 0.3 is 0 Å². The molecule has 0 spiro atoms. The van der Waals surface area contributed by atoms with Gasteiger partial charge in [-0.05, 0) is 6.42 Å². The SMILES string of the molecule is CCC1N(C)S1(=O)=O. The van der Waals surface area contributed by atoms with Gasteiger partial charge in [-0.1, -0.05) is 6.92 Å². The fourth-order valence-corrected chi connectivity index (χ4v) is 2.29. The van der Waals surface area contributed by atoms with Crippen LogP contribution in [0, 0.1) is 0 Å². The molecule has 0 aromatic carbocycles. The maximum absolute atomic E-state index is 10.6. The van der Waals surface area contributed by atoms with Crippen molar-refractivity contribution in [3.05, 3.63) is 0 Å². The first-order chi connectivity index (χ1) is 3.60. The minimum absolute atomic E-state index is 0.178. The van der Waals surface area contributed by atoms with Gasteiger partial charge in [-0.2, -0.15) is 4.31 Å². The summed E-state index contributed by atoms with van der Waals surface area (Å²) in [6.07, 6.45) is 0.707. The maximum Gasteiger partial charge on any atom is 0.232 e. The fraction of sp³-hybridized carbons (Fsp3) is 1.00. The molecule has 48 valence electrons. The lowest BCUT2D eigenvalue weighted by Gasteiger charge is -1.75. The lowest BCUT2D eigenvalue weighted by Crippen LogP contribution is -1.89. The second kappa shape index (κ2) is 1.45. The normalized spacial score (nSPS) is 41.8. The highest BCUT2D eigenvalue weighted by atomic mass is 32.2. The lowest BCUT2D eigenvalue weighted by atomic mass is 10.5. The van der Waals surface area contributed by atoms with Crippen LogP contribution in [0.25, 0.3) is 0 Å². The zero-order chi connectivity index (χ0) is 6.36. The predicted octanol–water partition coefficient (Wildman–Crippen LogP) is -0.00230. The van der Waals surface area contributed by atoms with Gasteiger partial charge in [0.05, 0.1) is 0 Å². The quantitative estimate of drug-likeness (QED) is 0.474. The molecule has 0 saturated carbocycles. The van der Waals surface area contributed by atoms with Crippen molar-refractivity contribution in [1.29, 1.82) is 0 Å². The van der Waals surface area contributed by atoms with E-state index in [-0.39, 0.29) is 5.37 Å². The first-order valence-electron chi connectivity index (χ1n) is 2.57. The summed E-state index contributed by atoms with van der Waals surface area (Å²) < 4.78 is 22.5. The smallest absolute Gasteiger partial charge is 0.210 e. The van der Waals surface area contributed by atoms with Gasteiger partial charge in [0.25, 0.3) is 0 Å². The molecule has 3 nitrogen and oxygen atoms in total. The minimum Gasteiger partial charge on any atom is -0.210 e. The molecule has 1 aliphatic rings. The van der Waals surface area contributed by atoms with Crippen LogP contribution < -0.4 is 0 Å². The molecule has 1 aliphatic heterocycles. The molecule has 0 aliphatic carbocycles. The molecular formula is C4H9NO2S. The van der Waals surface area contributed by atoms with Gasteiger partial charge in [0.2, 0.25) is 10.0 Å². The summed E-state index contributed by atoms with van der Waals surface area (Å²) in [5.41, 5.74) is 0. The third kappa shape index (κ3) is 0.563. The van der Waals surface area contributed by atoms with Gasteiger partial charge in [0.1, 0.15) is 5.37 Å². The Morgan fingerprint density at radius 2 is 2.00 bits per heavy atom. The molecule has 8 heavy (non-hydrogen) atoms. The Bertz CT molecular complexity index is 184. The molecule has 0 aromatic rings. The van der Waals surface area contributed by atoms with E-state index in [1.807, 2.05) is 6.92 Å². The van der Waals surface area contributed by atoms with Crippen LogP contribution in [0.2, 0.25) is 0 Å². The van der Waals surface area contributed by atoms with E-state index in [2.05, 4.69) is 0 Å². The molecule has 2 atom stereocenters. The van der Waals surface area contributed by atoms with Gasteiger partial charge in [-0.15, -0.1) is 0 Å². The summed E-state index contributed by atoms with van der Waals surface area (Å²) in [5.74, 6) is 0. The molecular weight excluding hydrogens is 126 g/mol. The van der Waals surface area contributed by atoms with Crippen LogP contribution in [0.4, 0.5) is 0 Å². The van der Waals surface area contributed by atoms with E-state index in [9.17, 15) is 8.42 Å². The van der Waals surface area contributed by atoms with Crippen LogP contribution in [-0.2, 0) is 10.0 Å². The maximum atomic E-state index is 10.6. The summed E-state index contributed by atoms with van der Waals surface area (Å²) in [6.45, 7) is 1.87. The Kier molecular flexibility index (Phi) is 1.09. The van der Waals surface area contributed by atoms with Gasteiger partial charge in [0.15, 0.2) is 0 Å². The second-order valence-electron chi connectivity index (χ2n) is 1.92. The zero-order valence-electron chi connectivity index (χ0n) is 4.96. The highest BCUT2D eigenvalue weighted by molar-refractivity contribution is 7.95. The molecule has 2 unspecified atom stereocenters. The largest absolute Gasteiger partial charge is 0.232 e. The van der Waals surface area contributed by atoms with E-state index in [0.717, 1.165) is 0 Å². The first-order valence-corrected chi connectivity index (χ1v) is 4.08. The van der Waals surface area contributed by atoms with Crippen LogP contribution in [0.5, 0.6) is 0 Å². The monoisotopic (exact) mass is 135 g/mol. The number of rotatable bonds is 1. The summed E-state index contributed by atoms with van der Waals surface area (Å²) in [7, 11) is -1.15. The number of hydrogen-bond acceptors (Lipinski definition) is 2. The number of nitrogens with zero attached hydrogens (tertiary/aromatic N) is 1. The minimum atomic E-state index is -2.75. The third-order valence-corrected chi connectivity index (χ3v) is 3.63. The number of sulfonamides is 1. The van der Waals surface area contributed by atoms with Gasteiger partial charge in [-0.3, -0.25) is 0 Å². The predicted molar refractivity (Wildman–Crippen MR) is 30.8 cm³/mol. The molecule has 0 bridgehead atoms. The molecule has 0 amide bonds. The van der Waals surface area contributed by atoms with E-state index < -0.39 is 10.0 Å². The van der Waals surface area contributed by atoms with E-state index in [1.165, 1.54) is 4.31 Å². The van der Waals surface area contributed by atoms with E-state index >= 15 is 0 Å². The first kappa shape index (κ1) is 6.04. The van der Waals surface area contributed by atoms with Crippen molar-refractivity contribution in [2.24, 2.45) is 0 Å². The summed E-state index contributed by atoms with van der Waals surface area (Å²) >= 11 is 0. The van der Waals surface area contributed by atoms with Crippen LogP contribution >= 0.6 is 0 Å². The van der Waals surface area contributed by atoms with Crippen LogP contribution in [0.1, 0.15) is 13.3 Å². The number of hydrogen-bond donors (Lipinski definition) is 0. The topological polar surface area (TPSA) is 37.1 Å². The van der Waals surface area contributed by atoms with Crippen molar-refractivity contribution in [2.45, 2.75) is 18.7 Å². The van der Waals surface area contributed by atoms with Crippen molar-refractivity contribution in [2.75, 3.05) is 7.05 Å². The van der Waals surface area contributed by atoms with Gasteiger partial charge in [0, 0.05) is 7.05 Å². The van der Waals surface area contributed by atoms with Crippen molar-refractivity contribution in [3.63, 3.8) is 0 Å². The van der Waals surface area contributed by atoms with Gasteiger partial charge < -0.3 is 0 Å². The highest BCUT2D eigenvalue weighted by Gasteiger charge is 2.49. The summed E-state index contributed by atoms with van der Waals surface area (Å²) in [5, 5.41) is -0.178. The Balaban J connectivity index is 2.73. The van der Waals surface area contributed by atoms with Crippen molar-refractivity contribution in [3.8, 4) is 0 Å². The lowest BCUT2D eigenvalue weighted by molar-refractivity contribution is 0.584. The molecule has 0 N–H and O–H groups in total. The average molecular weight is 135 g/mol. The molecule has 0 aromatic heterocycles. The Morgan fingerprint density at radius 1 is 1.62 bits per heavy atom. The van der Waals surface area contributed by atoms with Crippen molar-refractivity contribution in [1.82, 2.24) is 4.31 Å². The molecule has 1 saturated heterocycles. The van der Waals surface area contributed by atoms with E-state index in [4.69, 9.17) is 0 Å². The highest BCUT2D eigenvalue weighted by Crippen LogP contribution is 2.29. The Morgan fingerprint density at radius 3 is 2.00 bits per heavy atom. The summed E-state index contributed by atoms with van der Waals surface area (Å²) in [4.78, 5) is 0. The second-order valence-corrected chi connectivity index (χ2v) is 4.07.